The number of methoxy groups -OCH3 is 1. The molecule has 4 heteroatoms. The molecule has 0 spiro atoms. The molecular formula is C16H26N2O2. The van der Waals surface area contributed by atoms with E-state index in [1.807, 2.05) is 26.0 Å². The van der Waals surface area contributed by atoms with Crippen LogP contribution in [0.5, 0.6) is 11.5 Å². The number of nitrogens with zero attached hydrogens (tertiary/aromatic N) is 1. The lowest BCUT2D eigenvalue weighted by Crippen LogP contribution is -2.21. The molecule has 4 nitrogen and oxygen atoms in total. The van der Waals surface area contributed by atoms with Crippen LogP contribution in [0.15, 0.2) is 18.2 Å². The van der Waals surface area contributed by atoms with Crippen molar-refractivity contribution in [3.63, 3.8) is 0 Å². The zero-order valence-electron chi connectivity index (χ0n) is 12.9. The van der Waals surface area contributed by atoms with Gasteiger partial charge >= 0.3 is 0 Å². The number of hydrogen-bond donors (Lipinski definition) is 1. The molecule has 1 aromatic rings. The van der Waals surface area contributed by atoms with Crippen molar-refractivity contribution in [3.05, 3.63) is 23.8 Å². The summed E-state index contributed by atoms with van der Waals surface area (Å²) in [6.45, 7) is 5.86. The van der Waals surface area contributed by atoms with E-state index in [9.17, 15) is 0 Å². The second-order valence-corrected chi connectivity index (χ2v) is 5.84. The van der Waals surface area contributed by atoms with E-state index in [0.717, 1.165) is 31.0 Å². The first-order valence-electron chi connectivity index (χ1n) is 7.30. The Morgan fingerprint density at radius 3 is 2.70 bits per heavy atom. The van der Waals surface area contributed by atoms with Crippen molar-refractivity contribution in [3.8, 4) is 11.5 Å². The van der Waals surface area contributed by atoms with E-state index in [1.54, 1.807) is 7.11 Å². The number of benzene rings is 1. The molecule has 112 valence electrons. The zero-order chi connectivity index (χ0) is 14.7. The molecule has 1 aliphatic heterocycles. The van der Waals surface area contributed by atoms with Gasteiger partial charge in [-0.2, -0.15) is 0 Å². The molecule has 1 heterocycles. The van der Waals surface area contributed by atoms with Crippen LogP contribution < -0.4 is 15.2 Å². The fourth-order valence-electron chi connectivity index (χ4n) is 2.96. The quantitative estimate of drug-likeness (QED) is 0.898. The predicted molar refractivity (Wildman–Crippen MR) is 81.3 cm³/mol. The summed E-state index contributed by atoms with van der Waals surface area (Å²) in [5.41, 5.74) is 7.03. The smallest absolute Gasteiger partial charge is 0.166 e. The number of rotatable bonds is 5. The highest BCUT2D eigenvalue weighted by atomic mass is 16.5. The van der Waals surface area contributed by atoms with Gasteiger partial charge < -0.3 is 15.2 Å². The third-order valence-corrected chi connectivity index (χ3v) is 3.91. The Labute approximate surface area is 121 Å². The fraction of sp³-hybridized carbons (Fsp3) is 0.625. The third-order valence-electron chi connectivity index (χ3n) is 3.91. The highest BCUT2D eigenvalue weighted by Gasteiger charge is 2.32. The fourth-order valence-corrected chi connectivity index (χ4v) is 2.96. The number of nitrogens with two attached hydrogens (primary N) is 1. The minimum absolute atomic E-state index is 0.127. The molecule has 0 aliphatic carbocycles. The second kappa shape index (κ2) is 6.46. The lowest BCUT2D eigenvalue weighted by Gasteiger charge is -2.24. The molecule has 1 saturated heterocycles. The van der Waals surface area contributed by atoms with Gasteiger partial charge in [0.25, 0.3) is 0 Å². The van der Waals surface area contributed by atoms with E-state index in [0.29, 0.717) is 12.0 Å². The number of likely N-dealkylation sites (tertiary alicyclic amines) is 1. The average Bonchev–Trinajstić information content (AvgIpc) is 2.79. The number of hydrogen-bond acceptors (Lipinski definition) is 4. The topological polar surface area (TPSA) is 47.7 Å². The van der Waals surface area contributed by atoms with Gasteiger partial charge in [0, 0.05) is 18.2 Å². The van der Waals surface area contributed by atoms with E-state index in [4.69, 9.17) is 15.2 Å². The van der Waals surface area contributed by atoms with Gasteiger partial charge in [-0.05, 0) is 45.8 Å². The minimum atomic E-state index is 0.127. The number of ether oxygens (including phenoxy) is 2. The van der Waals surface area contributed by atoms with Crippen LogP contribution in [0.1, 0.15) is 31.9 Å². The van der Waals surface area contributed by atoms with Crippen molar-refractivity contribution in [2.24, 2.45) is 11.7 Å². The van der Waals surface area contributed by atoms with Gasteiger partial charge in [-0.1, -0.05) is 12.1 Å². The summed E-state index contributed by atoms with van der Waals surface area (Å²) in [7, 11) is 3.84. The van der Waals surface area contributed by atoms with Crippen LogP contribution in [0.4, 0.5) is 0 Å². The monoisotopic (exact) mass is 278 g/mol. The summed E-state index contributed by atoms with van der Waals surface area (Å²) in [6.07, 6.45) is 1.20. The average molecular weight is 278 g/mol. The molecule has 0 aromatic heterocycles. The van der Waals surface area contributed by atoms with Crippen LogP contribution >= 0.6 is 0 Å². The molecule has 2 N–H and O–H groups in total. The standard InChI is InChI=1S/C16H26N2O2/c1-11(2)20-16-13(6-5-7-15(16)19-4)14-8-12(9-17)10-18(14)3/h5-7,11-12,14H,8-10,17H2,1-4H3. The number of para-hydroxylation sites is 1. The Bertz CT molecular complexity index is 448. The zero-order valence-corrected chi connectivity index (χ0v) is 12.9. The molecule has 2 rings (SSSR count). The summed E-state index contributed by atoms with van der Waals surface area (Å²) in [5, 5.41) is 0. The molecule has 20 heavy (non-hydrogen) atoms. The van der Waals surface area contributed by atoms with E-state index in [1.165, 1.54) is 5.56 Å². The Morgan fingerprint density at radius 1 is 1.40 bits per heavy atom. The molecule has 0 bridgehead atoms. The van der Waals surface area contributed by atoms with Crippen molar-refractivity contribution in [2.75, 3.05) is 27.2 Å². The van der Waals surface area contributed by atoms with E-state index in [-0.39, 0.29) is 6.10 Å². The highest BCUT2D eigenvalue weighted by molar-refractivity contribution is 5.48. The van der Waals surface area contributed by atoms with Gasteiger partial charge in [0.2, 0.25) is 0 Å². The first-order chi connectivity index (χ1) is 9.56. The molecule has 2 unspecified atom stereocenters. The van der Waals surface area contributed by atoms with Gasteiger partial charge in [-0.15, -0.1) is 0 Å². The molecule has 0 radical (unpaired) electrons. The lowest BCUT2D eigenvalue weighted by molar-refractivity contribution is 0.219. The Balaban J connectivity index is 2.35. The van der Waals surface area contributed by atoms with Crippen molar-refractivity contribution < 1.29 is 9.47 Å². The maximum atomic E-state index is 6.01. The summed E-state index contributed by atoms with van der Waals surface area (Å²) < 4.78 is 11.5. The van der Waals surface area contributed by atoms with Crippen LogP contribution in [0, 0.1) is 5.92 Å². The normalized spacial score (nSPS) is 23.3. The summed E-state index contributed by atoms with van der Waals surface area (Å²) in [6, 6.07) is 6.48. The van der Waals surface area contributed by atoms with Gasteiger partial charge in [-0.3, -0.25) is 4.90 Å². The lowest BCUT2D eigenvalue weighted by atomic mass is 9.98. The summed E-state index contributed by atoms with van der Waals surface area (Å²) >= 11 is 0. The van der Waals surface area contributed by atoms with Crippen molar-refractivity contribution in [1.82, 2.24) is 4.90 Å². The molecule has 1 fully saturated rings. The maximum absolute atomic E-state index is 6.01. The Kier molecular flexibility index (Phi) is 4.89. The highest BCUT2D eigenvalue weighted by Crippen LogP contribution is 2.42. The minimum Gasteiger partial charge on any atom is -0.493 e. The summed E-state index contributed by atoms with van der Waals surface area (Å²) in [5.74, 6) is 2.24. The molecular weight excluding hydrogens is 252 g/mol. The maximum Gasteiger partial charge on any atom is 0.166 e. The largest absolute Gasteiger partial charge is 0.493 e. The van der Waals surface area contributed by atoms with Gasteiger partial charge in [0.15, 0.2) is 11.5 Å². The van der Waals surface area contributed by atoms with Gasteiger partial charge in [0.05, 0.1) is 13.2 Å². The SMILES string of the molecule is COc1cccc(C2CC(CN)CN2C)c1OC(C)C. The predicted octanol–water partition coefficient (Wildman–Crippen LogP) is 2.43. The molecule has 2 atom stereocenters. The molecule has 0 amide bonds. The van der Waals surface area contributed by atoms with Crippen LogP contribution in [0.3, 0.4) is 0 Å². The first kappa shape index (κ1) is 15.1. The van der Waals surface area contributed by atoms with Crippen molar-refractivity contribution in [2.45, 2.75) is 32.4 Å². The Hall–Kier alpha value is -1.26. The van der Waals surface area contributed by atoms with E-state index >= 15 is 0 Å². The van der Waals surface area contributed by atoms with E-state index < -0.39 is 0 Å². The van der Waals surface area contributed by atoms with Crippen molar-refractivity contribution in [1.29, 1.82) is 0 Å². The van der Waals surface area contributed by atoms with Crippen molar-refractivity contribution >= 4 is 0 Å². The van der Waals surface area contributed by atoms with Gasteiger partial charge in [-0.25, -0.2) is 0 Å². The second-order valence-electron chi connectivity index (χ2n) is 5.84. The van der Waals surface area contributed by atoms with Crippen LogP contribution in [-0.2, 0) is 0 Å². The van der Waals surface area contributed by atoms with Crippen LogP contribution in [0.25, 0.3) is 0 Å². The van der Waals surface area contributed by atoms with Crippen LogP contribution in [0.2, 0.25) is 0 Å². The first-order valence-corrected chi connectivity index (χ1v) is 7.30. The van der Waals surface area contributed by atoms with Crippen LogP contribution in [-0.4, -0.2) is 38.3 Å². The van der Waals surface area contributed by atoms with Gasteiger partial charge in [0.1, 0.15) is 0 Å². The Morgan fingerprint density at radius 2 is 2.15 bits per heavy atom. The third kappa shape index (κ3) is 3.07. The molecule has 0 saturated carbocycles. The summed E-state index contributed by atoms with van der Waals surface area (Å²) in [4.78, 5) is 2.36. The van der Waals surface area contributed by atoms with E-state index in [2.05, 4.69) is 18.0 Å². The molecule has 1 aliphatic rings. The molecule has 1 aromatic carbocycles.